The molecule has 0 fully saturated rings. The van der Waals surface area contributed by atoms with Crippen LogP contribution in [0.2, 0.25) is 0 Å². The smallest absolute Gasteiger partial charge is 0.0652 e. The monoisotopic (exact) mass is 198 g/mol. The molecule has 0 bridgehead atoms. The molecule has 0 amide bonds. The summed E-state index contributed by atoms with van der Waals surface area (Å²) in [6.45, 7) is 3.61. The van der Waals surface area contributed by atoms with Gasteiger partial charge in [0.25, 0.3) is 0 Å². The molecule has 0 atom stereocenters. The van der Waals surface area contributed by atoms with E-state index in [0.717, 1.165) is 24.2 Å². The van der Waals surface area contributed by atoms with Crippen molar-refractivity contribution in [3.05, 3.63) is 54.3 Å². The van der Waals surface area contributed by atoms with Crippen molar-refractivity contribution in [1.82, 2.24) is 0 Å². The lowest BCUT2D eigenvalue weighted by Gasteiger charge is -2.21. The third-order valence-electron chi connectivity index (χ3n) is 2.36. The Bertz CT molecular complexity index is 390. The number of anilines is 1. The summed E-state index contributed by atoms with van der Waals surface area (Å²) in [5.41, 5.74) is 2.15. The zero-order chi connectivity index (χ0) is 10.5. The van der Waals surface area contributed by atoms with Crippen molar-refractivity contribution in [2.24, 2.45) is 5.10 Å². The largest absolute Gasteiger partial charge is 0.235 e. The first-order chi connectivity index (χ1) is 7.42. The Kier molecular flexibility index (Phi) is 2.98. The van der Waals surface area contributed by atoms with E-state index in [9.17, 15) is 0 Å². The lowest BCUT2D eigenvalue weighted by Crippen LogP contribution is -2.14. The van der Waals surface area contributed by atoms with E-state index >= 15 is 0 Å². The third-order valence-corrected chi connectivity index (χ3v) is 2.36. The molecule has 2 nitrogen and oxygen atoms in total. The molecule has 1 aromatic carbocycles. The molecule has 1 aliphatic carbocycles. The van der Waals surface area contributed by atoms with Crippen molar-refractivity contribution in [3.63, 3.8) is 0 Å². The minimum Gasteiger partial charge on any atom is -0.235 e. The van der Waals surface area contributed by atoms with Gasteiger partial charge in [0.15, 0.2) is 0 Å². The van der Waals surface area contributed by atoms with E-state index in [0.29, 0.717) is 0 Å². The second kappa shape index (κ2) is 4.60. The molecule has 0 saturated heterocycles. The molecular weight excluding hydrogens is 184 g/mol. The van der Waals surface area contributed by atoms with Gasteiger partial charge in [0.1, 0.15) is 0 Å². The summed E-state index contributed by atoms with van der Waals surface area (Å²) in [6.07, 6.45) is 8.62. The van der Waals surface area contributed by atoms with Gasteiger partial charge in [0.05, 0.1) is 11.4 Å². The number of hydrogen-bond donors (Lipinski definition) is 0. The molecule has 0 heterocycles. The van der Waals surface area contributed by atoms with Crippen molar-refractivity contribution in [3.8, 4) is 0 Å². The standard InChI is InChI=1S/C13H14N2/c1-14-15(12-8-4-2-5-9-12)13-10-6-3-7-11-13/h2,4-6,8-11H,1,3,7H2. The molecule has 0 aliphatic heterocycles. The highest BCUT2D eigenvalue weighted by molar-refractivity contribution is 5.55. The van der Waals surface area contributed by atoms with Gasteiger partial charge >= 0.3 is 0 Å². The van der Waals surface area contributed by atoms with Crippen LogP contribution in [0.3, 0.4) is 0 Å². The van der Waals surface area contributed by atoms with Gasteiger partial charge < -0.3 is 0 Å². The second-order valence-electron chi connectivity index (χ2n) is 3.40. The number of hydrazone groups is 1. The number of allylic oxidation sites excluding steroid dienone is 3. The number of rotatable bonds is 3. The lowest BCUT2D eigenvalue weighted by atomic mass is 10.1. The zero-order valence-electron chi connectivity index (χ0n) is 8.63. The van der Waals surface area contributed by atoms with Gasteiger partial charge in [-0.3, -0.25) is 0 Å². The van der Waals surface area contributed by atoms with Crippen LogP contribution in [-0.2, 0) is 0 Å². The predicted octanol–water partition coefficient (Wildman–Crippen LogP) is 3.34. The molecule has 2 heteroatoms. The normalized spacial score (nSPS) is 14.5. The van der Waals surface area contributed by atoms with Gasteiger partial charge in [-0.2, -0.15) is 5.10 Å². The maximum absolute atomic E-state index is 4.05. The van der Waals surface area contributed by atoms with Crippen LogP contribution in [0.1, 0.15) is 12.8 Å². The Labute approximate surface area is 90.2 Å². The second-order valence-corrected chi connectivity index (χ2v) is 3.40. The highest BCUT2D eigenvalue weighted by Gasteiger charge is 2.08. The minimum absolute atomic E-state index is 1.05. The van der Waals surface area contributed by atoms with Gasteiger partial charge in [0, 0.05) is 6.72 Å². The predicted molar refractivity (Wildman–Crippen MR) is 64.9 cm³/mol. The van der Waals surface area contributed by atoms with Crippen LogP contribution in [0.15, 0.2) is 59.4 Å². The van der Waals surface area contributed by atoms with Gasteiger partial charge in [-0.05, 0) is 31.1 Å². The SMILES string of the molecule is C=NN(C1=CCCC=C1)c1ccccc1. The summed E-state index contributed by atoms with van der Waals surface area (Å²) < 4.78 is 0. The fourth-order valence-corrected chi connectivity index (χ4v) is 1.64. The van der Waals surface area contributed by atoms with Crippen LogP contribution in [0.25, 0.3) is 0 Å². The Morgan fingerprint density at radius 1 is 1.13 bits per heavy atom. The summed E-state index contributed by atoms with van der Waals surface area (Å²) in [4.78, 5) is 0. The Hall–Kier alpha value is -1.83. The molecule has 2 rings (SSSR count). The number of hydrogen-bond acceptors (Lipinski definition) is 2. The molecule has 0 spiro atoms. The van der Waals surface area contributed by atoms with Crippen LogP contribution in [0.4, 0.5) is 5.69 Å². The molecule has 0 saturated carbocycles. The Morgan fingerprint density at radius 2 is 1.93 bits per heavy atom. The van der Waals surface area contributed by atoms with E-state index in [2.05, 4.69) is 30.0 Å². The van der Waals surface area contributed by atoms with Crippen molar-refractivity contribution in [2.45, 2.75) is 12.8 Å². The Balaban J connectivity index is 2.28. The highest BCUT2D eigenvalue weighted by atomic mass is 15.4. The van der Waals surface area contributed by atoms with Gasteiger partial charge in [-0.25, -0.2) is 5.01 Å². The molecule has 76 valence electrons. The van der Waals surface area contributed by atoms with Crippen LogP contribution in [0, 0.1) is 0 Å². The quantitative estimate of drug-likeness (QED) is 0.537. The molecule has 0 aromatic heterocycles. The van der Waals surface area contributed by atoms with Crippen LogP contribution < -0.4 is 5.01 Å². The molecule has 1 aromatic rings. The van der Waals surface area contributed by atoms with E-state index in [1.54, 1.807) is 0 Å². The van der Waals surface area contributed by atoms with Crippen molar-refractivity contribution in [1.29, 1.82) is 0 Å². The molecule has 0 unspecified atom stereocenters. The summed E-state index contributed by atoms with van der Waals surface area (Å²) in [5.74, 6) is 0. The maximum atomic E-state index is 4.05. The van der Waals surface area contributed by atoms with E-state index < -0.39 is 0 Å². The number of benzene rings is 1. The number of nitrogens with zero attached hydrogens (tertiary/aromatic N) is 2. The third kappa shape index (κ3) is 2.15. The van der Waals surface area contributed by atoms with E-state index in [4.69, 9.17) is 0 Å². The average Bonchev–Trinajstić information content (AvgIpc) is 2.33. The Morgan fingerprint density at radius 3 is 2.53 bits per heavy atom. The first kappa shape index (κ1) is 9.71. The average molecular weight is 198 g/mol. The van der Waals surface area contributed by atoms with Crippen LogP contribution >= 0.6 is 0 Å². The van der Waals surface area contributed by atoms with Gasteiger partial charge in [-0.1, -0.05) is 30.4 Å². The summed E-state index contributed by atoms with van der Waals surface area (Å²) >= 11 is 0. The first-order valence-electron chi connectivity index (χ1n) is 5.10. The molecule has 1 aliphatic rings. The van der Waals surface area contributed by atoms with Crippen molar-refractivity contribution < 1.29 is 0 Å². The first-order valence-corrected chi connectivity index (χ1v) is 5.10. The fourth-order valence-electron chi connectivity index (χ4n) is 1.64. The molecule has 15 heavy (non-hydrogen) atoms. The van der Waals surface area contributed by atoms with E-state index in [1.165, 1.54) is 0 Å². The van der Waals surface area contributed by atoms with Crippen LogP contribution in [0.5, 0.6) is 0 Å². The highest BCUT2D eigenvalue weighted by Crippen LogP contribution is 2.22. The van der Waals surface area contributed by atoms with E-state index in [1.807, 2.05) is 35.3 Å². The molecule has 0 N–H and O–H groups in total. The van der Waals surface area contributed by atoms with Gasteiger partial charge in [-0.15, -0.1) is 0 Å². The van der Waals surface area contributed by atoms with Crippen molar-refractivity contribution in [2.75, 3.05) is 5.01 Å². The number of para-hydroxylation sites is 1. The summed E-state index contributed by atoms with van der Waals surface area (Å²) in [5, 5.41) is 5.90. The summed E-state index contributed by atoms with van der Waals surface area (Å²) in [6, 6.07) is 10.0. The molecular formula is C13H14N2. The molecule has 0 radical (unpaired) electrons. The van der Waals surface area contributed by atoms with E-state index in [-0.39, 0.29) is 0 Å². The van der Waals surface area contributed by atoms with Gasteiger partial charge in [0.2, 0.25) is 0 Å². The summed E-state index contributed by atoms with van der Waals surface area (Å²) in [7, 11) is 0. The topological polar surface area (TPSA) is 15.6 Å². The fraction of sp³-hybridized carbons (Fsp3) is 0.154. The minimum atomic E-state index is 1.05. The zero-order valence-corrected chi connectivity index (χ0v) is 8.63. The van der Waals surface area contributed by atoms with Crippen molar-refractivity contribution >= 4 is 12.4 Å². The maximum Gasteiger partial charge on any atom is 0.0652 e. The lowest BCUT2D eigenvalue weighted by molar-refractivity contribution is 0.955. The van der Waals surface area contributed by atoms with Crippen LogP contribution in [-0.4, -0.2) is 6.72 Å².